The lowest BCUT2D eigenvalue weighted by atomic mass is 10.00. The zero-order valence-corrected chi connectivity index (χ0v) is 11.9. The first-order chi connectivity index (χ1) is 9.11. The van der Waals surface area contributed by atoms with E-state index >= 15 is 0 Å². The summed E-state index contributed by atoms with van der Waals surface area (Å²) < 4.78 is 0. The Morgan fingerprint density at radius 1 is 1.58 bits per heavy atom. The molecule has 3 atom stereocenters. The number of hydrogen-bond donors (Lipinski definition) is 2. The Balaban J connectivity index is 1.91. The molecule has 0 aromatic carbocycles. The standard InChI is InChI=1S/C14H25N3O2/c1-3-12(17-8-4-5-13(17)18)14(19)16-11-6-7-15-10(2)9-11/h10-12,15H,3-9H2,1-2H3,(H,16,19). The second-order valence-electron chi connectivity index (χ2n) is 5.70. The first-order valence-electron chi connectivity index (χ1n) is 7.45. The summed E-state index contributed by atoms with van der Waals surface area (Å²) in [5.41, 5.74) is 0. The molecular weight excluding hydrogens is 242 g/mol. The summed E-state index contributed by atoms with van der Waals surface area (Å²) in [6, 6.07) is 0.420. The van der Waals surface area contributed by atoms with Crippen LogP contribution in [0.25, 0.3) is 0 Å². The molecule has 0 aromatic heterocycles. The number of carbonyl (C=O) groups excluding carboxylic acids is 2. The number of carbonyl (C=O) groups is 2. The Bertz CT molecular complexity index is 346. The Hall–Kier alpha value is -1.10. The van der Waals surface area contributed by atoms with E-state index in [1.165, 1.54) is 0 Å². The van der Waals surface area contributed by atoms with Gasteiger partial charge in [0.25, 0.3) is 0 Å². The van der Waals surface area contributed by atoms with Gasteiger partial charge < -0.3 is 15.5 Å². The first kappa shape index (κ1) is 14.3. The molecule has 2 saturated heterocycles. The van der Waals surface area contributed by atoms with Gasteiger partial charge in [0.1, 0.15) is 6.04 Å². The molecule has 0 spiro atoms. The minimum atomic E-state index is -0.278. The maximum atomic E-state index is 12.4. The molecule has 2 amide bonds. The molecule has 2 rings (SSSR count). The average Bonchev–Trinajstić information content (AvgIpc) is 2.77. The lowest BCUT2D eigenvalue weighted by molar-refractivity contribution is -0.138. The SMILES string of the molecule is CCC(C(=O)NC1CCNC(C)C1)N1CCCC1=O. The van der Waals surface area contributed by atoms with Crippen molar-refractivity contribution in [2.45, 2.75) is 64.1 Å². The summed E-state index contributed by atoms with van der Waals surface area (Å²) in [7, 11) is 0. The van der Waals surface area contributed by atoms with E-state index in [1.54, 1.807) is 4.90 Å². The van der Waals surface area contributed by atoms with Gasteiger partial charge in [0, 0.05) is 25.0 Å². The third kappa shape index (κ3) is 3.47. The average molecular weight is 267 g/mol. The van der Waals surface area contributed by atoms with E-state index < -0.39 is 0 Å². The Kier molecular flexibility index (Phi) is 4.80. The van der Waals surface area contributed by atoms with Crippen LogP contribution in [0.4, 0.5) is 0 Å². The number of nitrogens with zero attached hydrogens (tertiary/aromatic N) is 1. The lowest BCUT2D eigenvalue weighted by Gasteiger charge is -2.32. The topological polar surface area (TPSA) is 61.4 Å². The van der Waals surface area contributed by atoms with Gasteiger partial charge in [0.05, 0.1) is 0 Å². The minimum Gasteiger partial charge on any atom is -0.351 e. The molecule has 19 heavy (non-hydrogen) atoms. The van der Waals surface area contributed by atoms with Crippen LogP contribution in [-0.2, 0) is 9.59 Å². The highest BCUT2D eigenvalue weighted by Gasteiger charge is 2.32. The van der Waals surface area contributed by atoms with Crippen LogP contribution in [0.3, 0.4) is 0 Å². The van der Waals surface area contributed by atoms with Gasteiger partial charge in [-0.3, -0.25) is 9.59 Å². The van der Waals surface area contributed by atoms with Crippen LogP contribution < -0.4 is 10.6 Å². The molecule has 2 fully saturated rings. The fourth-order valence-electron chi connectivity index (χ4n) is 3.11. The maximum Gasteiger partial charge on any atom is 0.243 e. The van der Waals surface area contributed by atoms with Gasteiger partial charge in [-0.25, -0.2) is 0 Å². The van der Waals surface area contributed by atoms with Gasteiger partial charge in [-0.15, -0.1) is 0 Å². The molecule has 0 aromatic rings. The van der Waals surface area contributed by atoms with Crippen LogP contribution in [-0.4, -0.2) is 47.9 Å². The monoisotopic (exact) mass is 267 g/mol. The van der Waals surface area contributed by atoms with Crippen LogP contribution in [0.15, 0.2) is 0 Å². The predicted octanol–water partition coefficient (Wildman–Crippen LogP) is 0.644. The number of hydrogen-bond acceptors (Lipinski definition) is 3. The van der Waals surface area contributed by atoms with Crippen LogP contribution in [0.2, 0.25) is 0 Å². The molecule has 5 heteroatoms. The van der Waals surface area contributed by atoms with E-state index in [0.717, 1.165) is 32.4 Å². The highest BCUT2D eigenvalue weighted by atomic mass is 16.2. The third-order valence-electron chi connectivity index (χ3n) is 4.15. The molecule has 2 heterocycles. The van der Waals surface area contributed by atoms with E-state index in [9.17, 15) is 9.59 Å². The van der Waals surface area contributed by atoms with Crippen LogP contribution in [0.1, 0.15) is 46.0 Å². The molecule has 2 aliphatic heterocycles. The van der Waals surface area contributed by atoms with Gasteiger partial charge in [-0.05, 0) is 39.2 Å². The van der Waals surface area contributed by atoms with E-state index in [1.807, 2.05) is 6.92 Å². The zero-order chi connectivity index (χ0) is 13.8. The molecule has 0 saturated carbocycles. The van der Waals surface area contributed by atoms with Gasteiger partial charge in [-0.2, -0.15) is 0 Å². The number of likely N-dealkylation sites (tertiary alicyclic amines) is 1. The molecule has 0 bridgehead atoms. The summed E-state index contributed by atoms with van der Waals surface area (Å²) in [5, 5.41) is 6.50. The zero-order valence-electron chi connectivity index (χ0n) is 11.9. The van der Waals surface area contributed by atoms with Crippen molar-refractivity contribution in [1.82, 2.24) is 15.5 Å². The summed E-state index contributed by atoms with van der Waals surface area (Å²) >= 11 is 0. The van der Waals surface area contributed by atoms with Crippen LogP contribution >= 0.6 is 0 Å². The highest BCUT2D eigenvalue weighted by molar-refractivity contribution is 5.88. The quantitative estimate of drug-likeness (QED) is 0.786. The van der Waals surface area contributed by atoms with Crippen molar-refractivity contribution in [2.24, 2.45) is 0 Å². The summed E-state index contributed by atoms with van der Waals surface area (Å²) in [6.45, 7) is 5.79. The van der Waals surface area contributed by atoms with Gasteiger partial charge in [0.2, 0.25) is 11.8 Å². The molecule has 5 nitrogen and oxygen atoms in total. The lowest BCUT2D eigenvalue weighted by Crippen LogP contribution is -2.53. The Morgan fingerprint density at radius 3 is 2.95 bits per heavy atom. The number of piperidine rings is 1. The fraction of sp³-hybridized carbons (Fsp3) is 0.857. The van der Waals surface area contributed by atoms with E-state index in [2.05, 4.69) is 17.6 Å². The van der Waals surface area contributed by atoms with Gasteiger partial charge in [0.15, 0.2) is 0 Å². The minimum absolute atomic E-state index is 0.0249. The smallest absolute Gasteiger partial charge is 0.243 e. The number of rotatable bonds is 4. The van der Waals surface area contributed by atoms with Gasteiger partial charge >= 0.3 is 0 Å². The van der Waals surface area contributed by atoms with Crippen molar-refractivity contribution in [2.75, 3.05) is 13.1 Å². The largest absolute Gasteiger partial charge is 0.351 e. The van der Waals surface area contributed by atoms with E-state index in [-0.39, 0.29) is 23.9 Å². The molecule has 0 aliphatic carbocycles. The van der Waals surface area contributed by atoms with Crippen LogP contribution in [0, 0.1) is 0 Å². The Morgan fingerprint density at radius 2 is 2.37 bits per heavy atom. The van der Waals surface area contributed by atoms with Crippen molar-refractivity contribution in [3.8, 4) is 0 Å². The Labute approximate surface area is 115 Å². The second kappa shape index (κ2) is 6.37. The molecule has 2 aliphatic rings. The van der Waals surface area contributed by atoms with E-state index in [4.69, 9.17) is 0 Å². The van der Waals surface area contributed by atoms with Crippen molar-refractivity contribution in [3.05, 3.63) is 0 Å². The number of amides is 2. The molecular formula is C14H25N3O2. The second-order valence-corrected chi connectivity index (χ2v) is 5.70. The normalized spacial score (nSPS) is 29.4. The first-order valence-corrected chi connectivity index (χ1v) is 7.45. The molecule has 2 N–H and O–H groups in total. The van der Waals surface area contributed by atoms with Crippen molar-refractivity contribution >= 4 is 11.8 Å². The van der Waals surface area contributed by atoms with E-state index in [0.29, 0.717) is 18.9 Å². The van der Waals surface area contributed by atoms with Crippen LogP contribution in [0.5, 0.6) is 0 Å². The number of nitrogens with one attached hydrogen (secondary N) is 2. The van der Waals surface area contributed by atoms with Crippen molar-refractivity contribution < 1.29 is 9.59 Å². The highest BCUT2D eigenvalue weighted by Crippen LogP contribution is 2.17. The van der Waals surface area contributed by atoms with Crippen molar-refractivity contribution in [1.29, 1.82) is 0 Å². The fourth-order valence-corrected chi connectivity index (χ4v) is 3.11. The summed E-state index contributed by atoms with van der Waals surface area (Å²) in [4.78, 5) is 25.9. The van der Waals surface area contributed by atoms with Gasteiger partial charge in [-0.1, -0.05) is 6.92 Å². The van der Waals surface area contributed by atoms with Crippen molar-refractivity contribution in [3.63, 3.8) is 0 Å². The predicted molar refractivity (Wildman–Crippen MR) is 73.7 cm³/mol. The molecule has 108 valence electrons. The molecule has 3 unspecified atom stereocenters. The maximum absolute atomic E-state index is 12.4. The summed E-state index contributed by atoms with van der Waals surface area (Å²) in [6.07, 6.45) is 4.11. The molecule has 0 radical (unpaired) electrons. The summed E-state index contributed by atoms with van der Waals surface area (Å²) in [5.74, 6) is 0.150. The third-order valence-corrected chi connectivity index (χ3v) is 4.15.